The Kier molecular flexibility index (Phi) is 9.06. The summed E-state index contributed by atoms with van der Waals surface area (Å²) in [5.41, 5.74) is 1.23. The van der Waals surface area contributed by atoms with Gasteiger partial charge in [-0.2, -0.15) is 0 Å². The van der Waals surface area contributed by atoms with Gasteiger partial charge in [-0.15, -0.1) is 0 Å². The van der Waals surface area contributed by atoms with E-state index in [1.165, 1.54) is 5.56 Å². The van der Waals surface area contributed by atoms with Crippen LogP contribution in [0.5, 0.6) is 5.75 Å². The van der Waals surface area contributed by atoms with Crippen LogP contribution in [0.3, 0.4) is 0 Å². The second kappa shape index (κ2) is 10.8. The molecule has 2 N–H and O–H groups in total. The number of ether oxygens (including phenoxy) is 2. The third kappa shape index (κ3) is 7.82. The lowest BCUT2D eigenvalue weighted by atomic mass is 10.2. The molecule has 0 unspecified atom stereocenters. The Morgan fingerprint density at radius 2 is 1.89 bits per heavy atom. The second-order valence-corrected chi connectivity index (χ2v) is 4.36. The highest BCUT2D eigenvalue weighted by Crippen LogP contribution is 2.12. The molecule has 108 valence electrons. The molecular weight excluding hydrogens is 242 g/mol. The summed E-state index contributed by atoms with van der Waals surface area (Å²) >= 11 is 0. The Morgan fingerprint density at radius 3 is 2.58 bits per heavy atom. The van der Waals surface area contributed by atoms with Gasteiger partial charge in [0, 0.05) is 13.1 Å². The molecule has 0 aliphatic heterocycles. The summed E-state index contributed by atoms with van der Waals surface area (Å²) < 4.78 is 10.8. The van der Waals surface area contributed by atoms with E-state index in [-0.39, 0.29) is 6.61 Å². The molecule has 0 aliphatic carbocycles. The summed E-state index contributed by atoms with van der Waals surface area (Å²) in [4.78, 5) is 0. The van der Waals surface area contributed by atoms with Crippen LogP contribution in [0.25, 0.3) is 0 Å². The number of benzene rings is 1. The molecule has 4 nitrogen and oxygen atoms in total. The van der Waals surface area contributed by atoms with Crippen molar-refractivity contribution in [1.29, 1.82) is 0 Å². The van der Waals surface area contributed by atoms with Crippen molar-refractivity contribution in [2.24, 2.45) is 0 Å². The van der Waals surface area contributed by atoms with Crippen LogP contribution in [0.1, 0.15) is 25.3 Å². The number of unbranched alkanes of at least 4 members (excludes halogenated alkanes) is 1. The van der Waals surface area contributed by atoms with Crippen LogP contribution in [-0.4, -0.2) is 38.1 Å². The van der Waals surface area contributed by atoms with E-state index in [9.17, 15) is 0 Å². The van der Waals surface area contributed by atoms with Gasteiger partial charge in [0.1, 0.15) is 5.75 Å². The first-order chi connectivity index (χ1) is 9.36. The third-order valence-electron chi connectivity index (χ3n) is 2.68. The molecule has 0 radical (unpaired) electrons. The highest BCUT2D eigenvalue weighted by atomic mass is 16.5. The van der Waals surface area contributed by atoms with E-state index in [4.69, 9.17) is 14.6 Å². The van der Waals surface area contributed by atoms with Crippen molar-refractivity contribution >= 4 is 0 Å². The highest BCUT2D eigenvalue weighted by molar-refractivity contribution is 5.27. The molecule has 0 atom stereocenters. The zero-order valence-electron chi connectivity index (χ0n) is 11.7. The Labute approximate surface area is 115 Å². The van der Waals surface area contributed by atoms with E-state index in [0.29, 0.717) is 13.2 Å². The molecule has 0 aliphatic rings. The van der Waals surface area contributed by atoms with Gasteiger partial charge in [-0.1, -0.05) is 25.5 Å². The Morgan fingerprint density at radius 1 is 1.11 bits per heavy atom. The summed E-state index contributed by atoms with van der Waals surface area (Å²) in [6.45, 7) is 5.66. The molecule has 0 saturated heterocycles. The van der Waals surface area contributed by atoms with E-state index in [2.05, 4.69) is 24.4 Å². The molecule has 0 fully saturated rings. The Balaban J connectivity index is 2.13. The monoisotopic (exact) mass is 267 g/mol. The summed E-state index contributed by atoms with van der Waals surface area (Å²) in [5.74, 6) is 0.934. The first kappa shape index (κ1) is 16.0. The number of aliphatic hydroxyl groups excluding tert-OH is 1. The van der Waals surface area contributed by atoms with Crippen molar-refractivity contribution in [3.63, 3.8) is 0 Å². The van der Waals surface area contributed by atoms with E-state index < -0.39 is 0 Å². The number of nitrogens with one attached hydrogen (secondary N) is 1. The van der Waals surface area contributed by atoms with Gasteiger partial charge in [0.15, 0.2) is 0 Å². The Bertz CT molecular complexity index is 314. The predicted octanol–water partition coefficient (Wildman–Crippen LogP) is 1.96. The van der Waals surface area contributed by atoms with Gasteiger partial charge in [-0.3, -0.25) is 0 Å². The zero-order chi connectivity index (χ0) is 13.8. The lowest BCUT2D eigenvalue weighted by Crippen LogP contribution is -2.19. The first-order valence-electron chi connectivity index (χ1n) is 6.98. The van der Waals surface area contributed by atoms with Crippen molar-refractivity contribution in [2.45, 2.75) is 26.3 Å². The third-order valence-corrected chi connectivity index (χ3v) is 2.68. The zero-order valence-corrected chi connectivity index (χ0v) is 11.7. The fraction of sp³-hybridized carbons (Fsp3) is 0.600. The number of rotatable bonds is 11. The van der Waals surface area contributed by atoms with Gasteiger partial charge in [-0.05, 0) is 24.1 Å². The van der Waals surface area contributed by atoms with Crippen molar-refractivity contribution < 1.29 is 14.6 Å². The van der Waals surface area contributed by atoms with E-state index in [1.54, 1.807) is 0 Å². The normalized spacial score (nSPS) is 10.6. The first-order valence-corrected chi connectivity index (χ1v) is 6.98. The smallest absolute Gasteiger partial charge is 0.119 e. The van der Waals surface area contributed by atoms with Crippen LogP contribution < -0.4 is 10.1 Å². The van der Waals surface area contributed by atoms with Crippen LogP contribution in [0.4, 0.5) is 0 Å². The van der Waals surface area contributed by atoms with Crippen molar-refractivity contribution in [3.8, 4) is 5.75 Å². The fourth-order valence-corrected chi connectivity index (χ4v) is 1.58. The Hall–Kier alpha value is -1.10. The molecule has 0 heterocycles. The van der Waals surface area contributed by atoms with Gasteiger partial charge in [-0.25, -0.2) is 0 Å². The van der Waals surface area contributed by atoms with Crippen molar-refractivity contribution in [2.75, 3.05) is 33.0 Å². The maximum Gasteiger partial charge on any atom is 0.119 e. The number of hydrogen-bond acceptors (Lipinski definition) is 4. The van der Waals surface area contributed by atoms with Gasteiger partial charge in [0.2, 0.25) is 0 Å². The average Bonchev–Trinajstić information content (AvgIpc) is 2.44. The minimum absolute atomic E-state index is 0.0828. The molecule has 0 bridgehead atoms. The van der Waals surface area contributed by atoms with Gasteiger partial charge in [0.25, 0.3) is 0 Å². The van der Waals surface area contributed by atoms with Crippen LogP contribution in [0.2, 0.25) is 0 Å². The summed E-state index contributed by atoms with van der Waals surface area (Å²) in [7, 11) is 0. The highest BCUT2D eigenvalue weighted by Gasteiger charge is 1.96. The molecule has 0 saturated carbocycles. The summed E-state index contributed by atoms with van der Waals surface area (Å²) in [6, 6.07) is 8.16. The van der Waals surface area contributed by atoms with Crippen molar-refractivity contribution in [3.05, 3.63) is 29.8 Å². The van der Waals surface area contributed by atoms with Crippen LogP contribution >= 0.6 is 0 Å². The molecule has 4 heteroatoms. The maximum atomic E-state index is 8.55. The van der Waals surface area contributed by atoms with Gasteiger partial charge >= 0.3 is 0 Å². The van der Waals surface area contributed by atoms with Crippen molar-refractivity contribution in [1.82, 2.24) is 5.32 Å². The van der Waals surface area contributed by atoms with Gasteiger partial charge < -0.3 is 19.9 Å². The SMILES string of the molecule is CCCCOc1ccc(CNCCOCCO)cc1. The minimum atomic E-state index is 0.0828. The lowest BCUT2D eigenvalue weighted by molar-refractivity contribution is 0.0938. The molecular formula is C15H25NO3. The predicted molar refractivity (Wildman–Crippen MR) is 76.5 cm³/mol. The largest absolute Gasteiger partial charge is 0.494 e. The number of hydrogen-bond donors (Lipinski definition) is 2. The lowest BCUT2D eigenvalue weighted by Gasteiger charge is -2.08. The van der Waals surface area contributed by atoms with E-state index >= 15 is 0 Å². The molecule has 0 aromatic heterocycles. The summed E-state index contributed by atoms with van der Waals surface area (Å²) in [6.07, 6.45) is 2.25. The van der Waals surface area contributed by atoms with E-state index in [1.807, 2.05) is 12.1 Å². The minimum Gasteiger partial charge on any atom is -0.494 e. The standard InChI is InChI=1S/C15H25NO3/c1-2-3-10-19-15-6-4-14(5-7-15)13-16-8-11-18-12-9-17/h4-7,16-17H,2-3,8-13H2,1H3. The molecule has 0 amide bonds. The van der Waals surface area contributed by atoms with Crippen LogP contribution in [-0.2, 0) is 11.3 Å². The molecule has 19 heavy (non-hydrogen) atoms. The average molecular weight is 267 g/mol. The molecule has 1 aromatic rings. The second-order valence-electron chi connectivity index (χ2n) is 4.36. The molecule has 1 rings (SSSR count). The molecule has 1 aromatic carbocycles. The fourth-order valence-electron chi connectivity index (χ4n) is 1.58. The maximum absolute atomic E-state index is 8.55. The van der Waals surface area contributed by atoms with E-state index in [0.717, 1.165) is 38.3 Å². The topological polar surface area (TPSA) is 50.7 Å². The quantitative estimate of drug-likeness (QED) is 0.602. The number of aliphatic hydroxyl groups is 1. The summed E-state index contributed by atoms with van der Waals surface area (Å²) in [5, 5.41) is 11.8. The van der Waals surface area contributed by atoms with Crippen LogP contribution in [0, 0.1) is 0 Å². The van der Waals surface area contributed by atoms with Crippen LogP contribution in [0.15, 0.2) is 24.3 Å². The molecule has 0 spiro atoms. The van der Waals surface area contributed by atoms with Gasteiger partial charge in [0.05, 0.1) is 26.4 Å².